The Balaban J connectivity index is 1.82. The van der Waals surface area contributed by atoms with Crippen LogP contribution in [-0.2, 0) is 14.8 Å². The number of sulfonamides is 1. The van der Waals surface area contributed by atoms with Crippen LogP contribution in [0.3, 0.4) is 0 Å². The quantitative estimate of drug-likeness (QED) is 0.490. The molecule has 0 fully saturated rings. The molecule has 0 atom stereocenters. The Morgan fingerprint density at radius 3 is 2.30 bits per heavy atom. The van der Waals surface area contributed by atoms with E-state index in [0.29, 0.717) is 5.69 Å². The zero-order valence-corrected chi connectivity index (χ0v) is 15.9. The van der Waals surface area contributed by atoms with E-state index in [4.69, 9.17) is 0 Å². The molecule has 0 aliphatic carbocycles. The van der Waals surface area contributed by atoms with Crippen LogP contribution in [0.25, 0.3) is 0 Å². The Kier molecular flexibility index (Phi) is 6.00. The number of carbonyl (C=O) groups excluding carboxylic acids is 1. The maximum Gasteiger partial charge on any atom is 0.264 e. The zero-order chi connectivity index (χ0) is 19.1. The lowest BCUT2D eigenvalue weighted by Crippen LogP contribution is -2.39. The molecule has 27 heavy (non-hydrogen) atoms. The third kappa shape index (κ3) is 4.81. The minimum Gasteiger partial charge on any atom is -0.271 e. The first kappa shape index (κ1) is 18.8. The molecule has 0 saturated heterocycles. The highest BCUT2D eigenvalue weighted by Crippen LogP contribution is 2.23. The molecule has 1 aromatic heterocycles. The Hall–Kier alpha value is -2.97. The van der Waals surface area contributed by atoms with Crippen LogP contribution in [0.2, 0.25) is 0 Å². The van der Waals surface area contributed by atoms with Crippen molar-refractivity contribution >= 4 is 39.2 Å². The summed E-state index contributed by atoms with van der Waals surface area (Å²) in [6, 6.07) is 20.2. The summed E-state index contributed by atoms with van der Waals surface area (Å²) in [6.45, 7) is -0.386. The maximum absolute atomic E-state index is 13.0. The summed E-state index contributed by atoms with van der Waals surface area (Å²) in [4.78, 5) is 13.3. The fraction of sp³-hybridized carbons (Fsp3) is 0.0526. The molecule has 0 aliphatic rings. The monoisotopic (exact) mass is 399 g/mol. The average molecular weight is 399 g/mol. The Morgan fingerprint density at radius 1 is 1.00 bits per heavy atom. The van der Waals surface area contributed by atoms with E-state index in [2.05, 4.69) is 10.5 Å². The lowest BCUT2D eigenvalue weighted by molar-refractivity contribution is -0.119. The highest BCUT2D eigenvalue weighted by molar-refractivity contribution is 7.92. The molecule has 0 unspecified atom stereocenters. The van der Waals surface area contributed by atoms with E-state index >= 15 is 0 Å². The SMILES string of the molecule is O=C(CN(c1ccccc1)S(=O)(=O)c1ccccc1)N/N=C\c1cccs1. The van der Waals surface area contributed by atoms with E-state index in [1.54, 1.807) is 48.5 Å². The van der Waals surface area contributed by atoms with Crippen molar-refractivity contribution in [2.24, 2.45) is 5.10 Å². The number of para-hydroxylation sites is 1. The second-order valence-corrected chi connectivity index (χ2v) is 8.31. The normalized spacial score (nSPS) is 11.4. The van der Waals surface area contributed by atoms with Gasteiger partial charge in [-0.3, -0.25) is 9.10 Å². The number of hydrazone groups is 1. The van der Waals surface area contributed by atoms with E-state index in [9.17, 15) is 13.2 Å². The second kappa shape index (κ2) is 8.61. The van der Waals surface area contributed by atoms with Gasteiger partial charge >= 0.3 is 0 Å². The van der Waals surface area contributed by atoms with Crippen molar-refractivity contribution in [1.29, 1.82) is 0 Å². The smallest absolute Gasteiger partial charge is 0.264 e. The molecular weight excluding hydrogens is 382 g/mol. The largest absolute Gasteiger partial charge is 0.271 e. The van der Waals surface area contributed by atoms with Crippen LogP contribution in [0.5, 0.6) is 0 Å². The van der Waals surface area contributed by atoms with Crippen molar-refractivity contribution in [3.8, 4) is 0 Å². The summed E-state index contributed by atoms with van der Waals surface area (Å²) in [6.07, 6.45) is 1.51. The number of carbonyl (C=O) groups is 1. The van der Waals surface area contributed by atoms with E-state index < -0.39 is 15.9 Å². The summed E-state index contributed by atoms with van der Waals surface area (Å²) >= 11 is 1.48. The molecular formula is C19H17N3O3S2. The molecule has 6 nitrogen and oxygen atoms in total. The number of rotatable bonds is 7. The standard InChI is InChI=1S/C19H17N3O3S2/c23-19(21-20-14-17-10-7-13-26-17)15-22(16-8-3-1-4-9-16)27(24,25)18-11-5-2-6-12-18/h1-14H,15H2,(H,21,23)/b20-14-. The summed E-state index contributed by atoms with van der Waals surface area (Å²) in [5, 5.41) is 5.78. The summed E-state index contributed by atoms with van der Waals surface area (Å²) in [5.41, 5.74) is 2.78. The van der Waals surface area contributed by atoms with Gasteiger partial charge in [-0.2, -0.15) is 5.10 Å². The number of thiophene rings is 1. The first-order chi connectivity index (χ1) is 13.1. The molecule has 0 saturated carbocycles. The molecule has 0 bridgehead atoms. The number of benzene rings is 2. The first-order valence-electron chi connectivity index (χ1n) is 8.05. The van der Waals surface area contributed by atoms with Gasteiger partial charge < -0.3 is 0 Å². The van der Waals surface area contributed by atoms with Crippen molar-refractivity contribution in [1.82, 2.24) is 5.43 Å². The molecule has 0 spiro atoms. The number of anilines is 1. The van der Waals surface area contributed by atoms with Gasteiger partial charge in [0, 0.05) is 4.88 Å². The fourth-order valence-corrected chi connectivity index (χ4v) is 4.35. The van der Waals surface area contributed by atoms with Gasteiger partial charge in [0.2, 0.25) is 0 Å². The van der Waals surface area contributed by atoms with Crippen LogP contribution in [-0.4, -0.2) is 27.1 Å². The van der Waals surface area contributed by atoms with Gasteiger partial charge in [-0.25, -0.2) is 13.8 Å². The van der Waals surface area contributed by atoms with Crippen LogP contribution in [0.4, 0.5) is 5.69 Å². The van der Waals surface area contributed by atoms with Crippen LogP contribution >= 0.6 is 11.3 Å². The van der Waals surface area contributed by atoms with Gasteiger partial charge in [0.05, 0.1) is 16.8 Å². The number of amides is 1. The van der Waals surface area contributed by atoms with Crippen molar-refractivity contribution in [2.75, 3.05) is 10.8 Å². The molecule has 1 N–H and O–H groups in total. The topological polar surface area (TPSA) is 78.8 Å². The van der Waals surface area contributed by atoms with Gasteiger partial charge in [0.25, 0.3) is 15.9 Å². The average Bonchev–Trinajstić information content (AvgIpc) is 3.21. The van der Waals surface area contributed by atoms with Crippen LogP contribution in [0, 0.1) is 0 Å². The summed E-state index contributed by atoms with van der Waals surface area (Å²) < 4.78 is 27.1. The minimum atomic E-state index is -3.89. The summed E-state index contributed by atoms with van der Waals surface area (Å²) in [7, 11) is -3.89. The minimum absolute atomic E-state index is 0.115. The third-order valence-corrected chi connectivity index (χ3v) is 6.18. The predicted molar refractivity (Wildman–Crippen MR) is 107 cm³/mol. The van der Waals surface area contributed by atoms with Crippen LogP contribution in [0.1, 0.15) is 4.88 Å². The lowest BCUT2D eigenvalue weighted by Gasteiger charge is -2.23. The lowest BCUT2D eigenvalue weighted by atomic mass is 10.3. The second-order valence-electron chi connectivity index (χ2n) is 5.47. The highest BCUT2D eigenvalue weighted by atomic mass is 32.2. The molecule has 3 rings (SSSR count). The Morgan fingerprint density at radius 2 is 1.67 bits per heavy atom. The van der Waals surface area contributed by atoms with E-state index in [-0.39, 0.29) is 11.4 Å². The fourth-order valence-electron chi connectivity index (χ4n) is 2.33. The molecule has 2 aromatic carbocycles. The molecule has 8 heteroatoms. The van der Waals surface area contributed by atoms with E-state index in [0.717, 1.165) is 9.18 Å². The van der Waals surface area contributed by atoms with Gasteiger partial charge in [-0.1, -0.05) is 42.5 Å². The van der Waals surface area contributed by atoms with Crippen molar-refractivity contribution in [3.05, 3.63) is 83.1 Å². The zero-order valence-electron chi connectivity index (χ0n) is 14.2. The molecule has 138 valence electrons. The molecule has 1 heterocycles. The van der Waals surface area contributed by atoms with Crippen molar-refractivity contribution in [2.45, 2.75) is 4.90 Å². The van der Waals surface area contributed by atoms with Crippen LogP contribution < -0.4 is 9.73 Å². The maximum atomic E-state index is 13.0. The number of hydrogen-bond donors (Lipinski definition) is 1. The van der Waals surface area contributed by atoms with Crippen molar-refractivity contribution in [3.63, 3.8) is 0 Å². The molecule has 0 aliphatic heterocycles. The van der Waals surface area contributed by atoms with E-state index in [1.165, 1.54) is 29.7 Å². The number of nitrogens with zero attached hydrogens (tertiary/aromatic N) is 2. The summed E-state index contributed by atoms with van der Waals surface area (Å²) in [5.74, 6) is -0.536. The number of hydrogen-bond acceptors (Lipinski definition) is 5. The van der Waals surface area contributed by atoms with Crippen molar-refractivity contribution < 1.29 is 13.2 Å². The molecule has 1 amide bonds. The molecule has 0 radical (unpaired) electrons. The highest BCUT2D eigenvalue weighted by Gasteiger charge is 2.26. The number of nitrogens with one attached hydrogen (secondary N) is 1. The first-order valence-corrected chi connectivity index (χ1v) is 10.4. The third-order valence-electron chi connectivity index (χ3n) is 3.59. The van der Waals surface area contributed by atoms with Gasteiger partial charge in [0.15, 0.2) is 0 Å². The Labute approximate surface area is 161 Å². The predicted octanol–water partition coefficient (Wildman–Crippen LogP) is 3.09. The van der Waals surface area contributed by atoms with Crippen LogP contribution in [0.15, 0.2) is 88.2 Å². The molecule has 3 aromatic rings. The van der Waals surface area contributed by atoms with Gasteiger partial charge in [-0.05, 0) is 35.7 Å². The van der Waals surface area contributed by atoms with Gasteiger partial charge in [0.1, 0.15) is 6.54 Å². The van der Waals surface area contributed by atoms with Gasteiger partial charge in [-0.15, -0.1) is 11.3 Å². The Bertz CT molecular complexity index is 1000. The van der Waals surface area contributed by atoms with E-state index in [1.807, 2.05) is 17.5 Å².